The highest BCUT2D eigenvalue weighted by Gasteiger charge is 2.19. The maximum Gasteiger partial charge on any atom is 0.123 e. The second-order valence-electron chi connectivity index (χ2n) is 7.09. The molecule has 0 amide bonds. The van der Waals surface area contributed by atoms with Crippen molar-refractivity contribution in [2.45, 2.75) is 45.4 Å². The molecular formula is C20H26FN. The summed E-state index contributed by atoms with van der Waals surface area (Å²) in [7, 11) is 0. The number of aryl methyl sites for hydroxylation is 1. The molecule has 0 spiro atoms. The largest absolute Gasteiger partial charge is 0.330 e. The lowest BCUT2D eigenvalue weighted by Gasteiger charge is -2.24. The molecular weight excluding hydrogens is 273 g/mol. The van der Waals surface area contributed by atoms with Gasteiger partial charge in [0, 0.05) is 5.92 Å². The molecule has 0 aliphatic heterocycles. The van der Waals surface area contributed by atoms with Crippen molar-refractivity contribution in [1.82, 2.24) is 0 Å². The van der Waals surface area contributed by atoms with Crippen LogP contribution < -0.4 is 5.73 Å². The first kappa shape index (κ1) is 16.7. The zero-order valence-electron chi connectivity index (χ0n) is 14.0. The normalized spacial score (nSPS) is 13.2. The molecule has 22 heavy (non-hydrogen) atoms. The number of benzene rings is 2. The average Bonchev–Trinajstić information content (AvgIpc) is 2.44. The van der Waals surface area contributed by atoms with Crippen molar-refractivity contribution in [2.75, 3.05) is 6.54 Å². The van der Waals surface area contributed by atoms with E-state index in [1.54, 1.807) is 12.1 Å². The SMILES string of the molecule is Cc1ccc(C(C)(C)C)cc1C(CN)Cc1cccc(F)c1. The van der Waals surface area contributed by atoms with Crippen molar-refractivity contribution in [2.24, 2.45) is 5.73 Å². The van der Waals surface area contributed by atoms with Crippen LogP contribution in [0.25, 0.3) is 0 Å². The molecule has 0 aromatic heterocycles. The minimum absolute atomic E-state index is 0.112. The summed E-state index contributed by atoms with van der Waals surface area (Å²) in [5.74, 6) is 0.0255. The first-order valence-electron chi connectivity index (χ1n) is 7.87. The third kappa shape index (κ3) is 3.95. The molecule has 118 valence electrons. The molecule has 0 aliphatic carbocycles. The zero-order valence-corrected chi connectivity index (χ0v) is 14.0. The summed E-state index contributed by atoms with van der Waals surface area (Å²) in [6.45, 7) is 9.32. The van der Waals surface area contributed by atoms with E-state index in [2.05, 4.69) is 45.9 Å². The van der Waals surface area contributed by atoms with Gasteiger partial charge in [-0.3, -0.25) is 0 Å². The van der Waals surface area contributed by atoms with E-state index in [-0.39, 0.29) is 17.2 Å². The lowest BCUT2D eigenvalue weighted by molar-refractivity contribution is 0.585. The van der Waals surface area contributed by atoms with E-state index < -0.39 is 0 Å². The van der Waals surface area contributed by atoms with Crippen LogP contribution in [-0.4, -0.2) is 6.54 Å². The van der Waals surface area contributed by atoms with Gasteiger partial charge in [0.05, 0.1) is 0 Å². The molecule has 0 aliphatic rings. The van der Waals surface area contributed by atoms with Crippen molar-refractivity contribution in [3.63, 3.8) is 0 Å². The third-order valence-electron chi connectivity index (χ3n) is 4.24. The molecule has 1 unspecified atom stereocenters. The Bertz CT molecular complexity index is 640. The molecule has 2 heteroatoms. The Labute approximate surface area is 133 Å². The summed E-state index contributed by atoms with van der Waals surface area (Å²) in [5.41, 5.74) is 11.0. The van der Waals surface area contributed by atoms with E-state index in [4.69, 9.17) is 5.73 Å². The maximum atomic E-state index is 13.4. The monoisotopic (exact) mass is 299 g/mol. The second-order valence-corrected chi connectivity index (χ2v) is 7.09. The molecule has 0 bridgehead atoms. The van der Waals surface area contributed by atoms with Crippen LogP contribution in [0, 0.1) is 12.7 Å². The minimum atomic E-state index is -0.187. The summed E-state index contributed by atoms with van der Waals surface area (Å²) in [5, 5.41) is 0. The van der Waals surface area contributed by atoms with Gasteiger partial charge in [-0.25, -0.2) is 4.39 Å². The summed E-state index contributed by atoms with van der Waals surface area (Å²) in [4.78, 5) is 0. The molecule has 0 saturated heterocycles. The zero-order chi connectivity index (χ0) is 16.3. The van der Waals surface area contributed by atoms with E-state index in [0.29, 0.717) is 6.54 Å². The molecule has 0 heterocycles. The fourth-order valence-electron chi connectivity index (χ4n) is 2.82. The van der Waals surface area contributed by atoms with Crippen molar-refractivity contribution < 1.29 is 4.39 Å². The minimum Gasteiger partial charge on any atom is -0.330 e. The van der Waals surface area contributed by atoms with Crippen LogP contribution >= 0.6 is 0 Å². The van der Waals surface area contributed by atoms with E-state index in [0.717, 1.165) is 12.0 Å². The topological polar surface area (TPSA) is 26.0 Å². The van der Waals surface area contributed by atoms with Gasteiger partial charge in [-0.05, 0) is 59.7 Å². The van der Waals surface area contributed by atoms with Gasteiger partial charge in [0.1, 0.15) is 5.82 Å². The molecule has 0 fully saturated rings. The number of hydrogen-bond acceptors (Lipinski definition) is 1. The Morgan fingerprint density at radius 1 is 1.09 bits per heavy atom. The summed E-state index contributed by atoms with van der Waals surface area (Å²) < 4.78 is 13.4. The Kier molecular flexibility index (Phi) is 5.02. The first-order valence-corrected chi connectivity index (χ1v) is 7.87. The van der Waals surface area contributed by atoms with Crippen LogP contribution in [0.2, 0.25) is 0 Å². The van der Waals surface area contributed by atoms with Crippen molar-refractivity contribution >= 4 is 0 Å². The summed E-state index contributed by atoms with van der Waals surface area (Å²) in [6.07, 6.45) is 0.767. The van der Waals surface area contributed by atoms with Crippen molar-refractivity contribution in [1.29, 1.82) is 0 Å². The number of nitrogens with two attached hydrogens (primary N) is 1. The quantitative estimate of drug-likeness (QED) is 0.869. The predicted molar refractivity (Wildman–Crippen MR) is 91.8 cm³/mol. The van der Waals surface area contributed by atoms with Gasteiger partial charge in [0.2, 0.25) is 0 Å². The van der Waals surface area contributed by atoms with Gasteiger partial charge in [-0.15, -0.1) is 0 Å². The van der Waals surface area contributed by atoms with Crippen LogP contribution in [-0.2, 0) is 11.8 Å². The van der Waals surface area contributed by atoms with E-state index in [9.17, 15) is 4.39 Å². The molecule has 1 nitrogen and oxygen atoms in total. The van der Waals surface area contributed by atoms with Crippen molar-refractivity contribution in [3.8, 4) is 0 Å². The van der Waals surface area contributed by atoms with Crippen LogP contribution in [0.15, 0.2) is 42.5 Å². The van der Waals surface area contributed by atoms with Gasteiger partial charge in [0.25, 0.3) is 0 Å². The van der Waals surface area contributed by atoms with Gasteiger partial charge in [-0.1, -0.05) is 51.1 Å². The summed E-state index contributed by atoms with van der Waals surface area (Å²) in [6, 6.07) is 13.4. The molecule has 2 N–H and O–H groups in total. The van der Waals surface area contributed by atoms with Gasteiger partial charge < -0.3 is 5.73 Å². The Morgan fingerprint density at radius 2 is 1.82 bits per heavy atom. The Morgan fingerprint density at radius 3 is 2.41 bits per heavy atom. The summed E-state index contributed by atoms with van der Waals surface area (Å²) >= 11 is 0. The highest BCUT2D eigenvalue weighted by molar-refractivity contribution is 5.38. The fraction of sp³-hybridized carbons (Fsp3) is 0.400. The molecule has 0 radical (unpaired) electrons. The second kappa shape index (κ2) is 6.62. The van der Waals surface area contributed by atoms with Gasteiger partial charge in [0.15, 0.2) is 0 Å². The van der Waals surface area contributed by atoms with Crippen molar-refractivity contribution in [3.05, 3.63) is 70.5 Å². The fourth-order valence-corrected chi connectivity index (χ4v) is 2.82. The highest BCUT2D eigenvalue weighted by Crippen LogP contribution is 2.29. The standard InChI is InChI=1S/C20H26FN/c1-14-8-9-17(20(2,3)4)12-19(14)16(13-22)10-15-6-5-7-18(21)11-15/h5-9,11-12,16H,10,13,22H2,1-4H3. The van der Waals surface area contributed by atoms with Gasteiger partial charge in [-0.2, -0.15) is 0 Å². The van der Waals surface area contributed by atoms with Crippen LogP contribution in [0.3, 0.4) is 0 Å². The number of hydrogen-bond donors (Lipinski definition) is 1. The van der Waals surface area contributed by atoms with Crippen LogP contribution in [0.1, 0.15) is 48.9 Å². The third-order valence-corrected chi connectivity index (χ3v) is 4.24. The number of rotatable bonds is 4. The van der Waals surface area contributed by atoms with E-state index in [1.807, 2.05) is 6.07 Å². The Balaban J connectivity index is 2.34. The molecule has 2 aromatic rings. The molecule has 2 rings (SSSR count). The lowest BCUT2D eigenvalue weighted by Crippen LogP contribution is -2.18. The van der Waals surface area contributed by atoms with Crippen LogP contribution in [0.5, 0.6) is 0 Å². The first-order chi connectivity index (χ1) is 10.3. The molecule has 2 aromatic carbocycles. The van der Waals surface area contributed by atoms with Gasteiger partial charge >= 0.3 is 0 Å². The van der Waals surface area contributed by atoms with Crippen LogP contribution in [0.4, 0.5) is 4.39 Å². The van der Waals surface area contributed by atoms with E-state index in [1.165, 1.54) is 22.8 Å². The lowest BCUT2D eigenvalue weighted by atomic mass is 9.81. The molecule has 1 atom stereocenters. The smallest absolute Gasteiger partial charge is 0.123 e. The van der Waals surface area contributed by atoms with E-state index >= 15 is 0 Å². The average molecular weight is 299 g/mol. The maximum absolute atomic E-state index is 13.4. The predicted octanol–water partition coefficient (Wildman–Crippen LogP) is 4.72. The highest BCUT2D eigenvalue weighted by atomic mass is 19.1. The Hall–Kier alpha value is -1.67. The molecule has 0 saturated carbocycles. The number of halogens is 1.